The molecular formula is C10H19NO2. The molecule has 0 aromatic heterocycles. The largest absolute Gasteiger partial charge is 0.463 e. The molecule has 0 aromatic rings. The minimum atomic E-state index is -0.281. The van der Waals surface area contributed by atoms with Crippen LogP contribution in [0, 0.1) is 5.92 Å². The molecule has 0 heterocycles. The summed E-state index contributed by atoms with van der Waals surface area (Å²) in [5.41, 5.74) is 0.854. The van der Waals surface area contributed by atoms with Crippen molar-refractivity contribution < 1.29 is 9.53 Å². The lowest BCUT2D eigenvalue weighted by Gasteiger charge is -2.08. The zero-order valence-corrected chi connectivity index (χ0v) is 8.89. The zero-order chi connectivity index (χ0) is 10.3. The normalized spacial score (nSPS) is 11.6. The Morgan fingerprint density at radius 1 is 1.54 bits per heavy atom. The summed E-state index contributed by atoms with van der Waals surface area (Å²) in [6, 6.07) is 0. The first-order valence-corrected chi connectivity index (χ1v) is 4.65. The SMILES string of the molecule is CCOC(=O)/C=C(\C)NCC(C)C. The van der Waals surface area contributed by atoms with Crippen molar-refractivity contribution in [2.45, 2.75) is 27.7 Å². The van der Waals surface area contributed by atoms with Crippen LogP contribution in [0.2, 0.25) is 0 Å². The fourth-order valence-corrected chi connectivity index (χ4v) is 0.777. The van der Waals surface area contributed by atoms with Crippen molar-refractivity contribution in [3.05, 3.63) is 11.8 Å². The van der Waals surface area contributed by atoms with E-state index >= 15 is 0 Å². The van der Waals surface area contributed by atoms with Crippen LogP contribution in [0.3, 0.4) is 0 Å². The van der Waals surface area contributed by atoms with Crippen LogP contribution in [0.15, 0.2) is 11.8 Å². The van der Waals surface area contributed by atoms with Crippen molar-refractivity contribution >= 4 is 5.97 Å². The standard InChI is InChI=1S/C10H19NO2/c1-5-13-10(12)6-9(4)11-7-8(2)3/h6,8,11H,5,7H2,1-4H3/b9-6+. The van der Waals surface area contributed by atoms with Gasteiger partial charge in [0.2, 0.25) is 0 Å². The van der Waals surface area contributed by atoms with Gasteiger partial charge < -0.3 is 10.1 Å². The van der Waals surface area contributed by atoms with Crippen LogP contribution in [-0.4, -0.2) is 19.1 Å². The molecule has 0 fully saturated rings. The van der Waals surface area contributed by atoms with Gasteiger partial charge in [-0.25, -0.2) is 4.79 Å². The number of hydrogen-bond donors (Lipinski definition) is 1. The molecule has 3 nitrogen and oxygen atoms in total. The highest BCUT2D eigenvalue weighted by atomic mass is 16.5. The lowest BCUT2D eigenvalue weighted by atomic mass is 10.2. The highest BCUT2D eigenvalue weighted by Crippen LogP contribution is 1.93. The van der Waals surface area contributed by atoms with Crippen LogP contribution in [0.5, 0.6) is 0 Å². The van der Waals surface area contributed by atoms with Crippen LogP contribution in [-0.2, 0) is 9.53 Å². The fourth-order valence-electron chi connectivity index (χ4n) is 0.777. The summed E-state index contributed by atoms with van der Waals surface area (Å²) in [7, 11) is 0. The molecule has 0 aliphatic carbocycles. The Bertz CT molecular complexity index is 185. The Kier molecular flexibility index (Phi) is 6.02. The van der Waals surface area contributed by atoms with E-state index in [-0.39, 0.29) is 5.97 Å². The van der Waals surface area contributed by atoms with Gasteiger partial charge >= 0.3 is 5.97 Å². The van der Waals surface area contributed by atoms with Gasteiger partial charge in [-0.1, -0.05) is 13.8 Å². The van der Waals surface area contributed by atoms with E-state index in [1.807, 2.05) is 6.92 Å². The van der Waals surface area contributed by atoms with Crippen molar-refractivity contribution in [1.29, 1.82) is 0 Å². The molecule has 3 heteroatoms. The summed E-state index contributed by atoms with van der Waals surface area (Å²) in [6.07, 6.45) is 1.48. The lowest BCUT2D eigenvalue weighted by molar-refractivity contribution is -0.137. The van der Waals surface area contributed by atoms with Crippen molar-refractivity contribution in [2.24, 2.45) is 5.92 Å². The Labute approximate surface area is 80.2 Å². The smallest absolute Gasteiger partial charge is 0.332 e. The van der Waals surface area contributed by atoms with E-state index in [0.29, 0.717) is 12.5 Å². The van der Waals surface area contributed by atoms with E-state index in [0.717, 1.165) is 12.2 Å². The maximum absolute atomic E-state index is 11.0. The van der Waals surface area contributed by atoms with Gasteiger partial charge in [-0.15, -0.1) is 0 Å². The Balaban J connectivity index is 3.80. The Morgan fingerprint density at radius 3 is 2.62 bits per heavy atom. The first-order chi connectivity index (χ1) is 6.06. The summed E-state index contributed by atoms with van der Waals surface area (Å²) >= 11 is 0. The average Bonchev–Trinajstić information content (AvgIpc) is 2.01. The van der Waals surface area contributed by atoms with Crippen molar-refractivity contribution in [1.82, 2.24) is 5.32 Å². The predicted octanol–water partition coefficient (Wildman–Crippen LogP) is 1.70. The Morgan fingerprint density at radius 2 is 2.15 bits per heavy atom. The van der Waals surface area contributed by atoms with Gasteiger partial charge in [0.25, 0.3) is 0 Å². The van der Waals surface area contributed by atoms with Crippen LogP contribution in [0.25, 0.3) is 0 Å². The maximum Gasteiger partial charge on any atom is 0.332 e. The van der Waals surface area contributed by atoms with Gasteiger partial charge in [0, 0.05) is 18.3 Å². The molecule has 1 N–H and O–H groups in total. The molecule has 13 heavy (non-hydrogen) atoms. The molecule has 0 aromatic carbocycles. The molecular weight excluding hydrogens is 166 g/mol. The van der Waals surface area contributed by atoms with Crippen LogP contribution in [0.1, 0.15) is 27.7 Å². The second-order valence-corrected chi connectivity index (χ2v) is 3.35. The molecule has 0 atom stereocenters. The van der Waals surface area contributed by atoms with E-state index < -0.39 is 0 Å². The van der Waals surface area contributed by atoms with Crippen molar-refractivity contribution in [3.8, 4) is 0 Å². The second kappa shape index (κ2) is 6.52. The summed E-state index contributed by atoms with van der Waals surface area (Å²) < 4.78 is 4.76. The topological polar surface area (TPSA) is 38.3 Å². The molecule has 0 bridgehead atoms. The van der Waals surface area contributed by atoms with Crippen molar-refractivity contribution in [3.63, 3.8) is 0 Å². The third kappa shape index (κ3) is 7.37. The summed E-state index contributed by atoms with van der Waals surface area (Å²) in [4.78, 5) is 11.0. The number of allylic oxidation sites excluding steroid dienone is 1. The average molecular weight is 185 g/mol. The number of carbonyl (C=O) groups excluding carboxylic acids is 1. The quantitative estimate of drug-likeness (QED) is 0.523. The van der Waals surface area contributed by atoms with Gasteiger partial charge in [-0.05, 0) is 19.8 Å². The summed E-state index contributed by atoms with van der Waals surface area (Å²) in [5, 5.41) is 3.13. The molecule has 76 valence electrons. The molecule has 0 unspecified atom stereocenters. The van der Waals surface area contributed by atoms with E-state index in [1.165, 1.54) is 6.08 Å². The highest BCUT2D eigenvalue weighted by molar-refractivity contribution is 5.82. The van der Waals surface area contributed by atoms with Crippen LogP contribution >= 0.6 is 0 Å². The lowest BCUT2D eigenvalue weighted by Crippen LogP contribution is -2.18. The van der Waals surface area contributed by atoms with E-state index in [9.17, 15) is 4.79 Å². The van der Waals surface area contributed by atoms with E-state index in [2.05, 4.69) is 19.2 Å². The van der Waals surface area contributed by atoms with Gasteiger partial charge in [0.05, 0.1) is 6.61 Å². The fraction of sp³-hybridized carbons (Fsp3) is 0.700. The molecule has 0 radical (unpaired) electrons. The summed E-state index contributed by atoms with van der Waals surface area (Å²) in [5.74, 6) is 0.293. The third-order valence-corrected chi connectivity index (χ3v) is 1.41. The molecule has 0 aliphatic heterocycles. The number of esters is 1. The molecule has 0 rings (SSSR count). The van der Waals surface area contributed by atoms with Gasteiger partial charge in [0.15, 0.2) is 0 Å². The van der Waals surface area contributed by atoms with E-state index in [4.69, 9.17) is 4.74 Å². The zero-order valence-electron chi connectivity index (χ0n) is 8.89. The van der Waals surface area contributed by atoms with Gasteiger partial charge in [-0.2, -0.15) is 0 Å². The van der Waals surface area contributed by atoms with Crippen molar-refractivity contribution in [2.75, 3.05) is 13.2 Å². The maximum atomic E-state index is 11.0. The van der Waals surface area contributed by atoms with Crippen LogP contribution < -0.4 is 5.32 Å². The predicted molar refractivity (Wildman–Crippen MR) is 53.2 cm³/mol. The first-order valence-electron chi connectivity index (χ1n) is 4.65. The van der Waals surface area contributed by atoms with Gasteiger partial charge in [0.1, 0.15) is 0 Å². The monoisotopic (exact) mass is 185 g/mol. The number of carbonyl (C=O) groups is 1. The van der Waals surface area contributed by atoms with Crippen LogP contribution in [0.4, 0.5) is 0 Å². The Hall–Kier alpha value is -0.990. The third-order valence-electron chi connectivity index (χ3n) is 1.41. The molecule has 0 saturated carbocycles. The number of rotatable bonds is 5. The molecule has 0 aliphatic rings. The van der Waals surface area contributed by atoms with E-state index in [1.54, 1.807) is 6.92 Å². The molecule has 0 amide bonds. The minimum Gasteiger partial charge on any atom is -0.463 e. The number of ether oxygens (including phenoxy) is 1. The molecule has 0 saturated heterocycles. The first kappa shape index (κ1) is 12.0. The number of hydrogen-bond acceptors (Lipinski definition) is 3. The summed E-state index contributed by atoms with van der Waals surface area (Å²) in [6.45, 7) is 9.19. The molecule has 0 spiro atoms. The van der Waals surface area contributed by atoms with Gasteiger partial charge in [-0.3, -0.25) is 0 Å². The minimum absolute atomic E-state index is 0.281. The number of nitrogens with one attached hydrogen (secondary N) is 1. The highest BCUT2D eigenvalue weighted by Gasteiger charge is 1.98. The second-order valence-electron chi connectivity index (χ2n) is 3.35.